The molecule has 0 bridgehead atoms. The number of non-ortho nitro benzene ring substituents is 1. The molecule has 2 aromatic rings. The van der Waals surface area contributed by atoms with Crippen LogP contribution < -0.4 is 10.1 Å². The molecule has 0 saturated carbocycles. The summed E-state index contributed by atoms with van der Waals surface area (Å²) in [5.74, 6) is 0.582. The molecule has 0 aromatic heterocycles. The fraction of sp³-hybridized carbons (Fsp3) is 0.350. The van der Waals surface area contributed by atoms with E-state index in [1.807, 2.05) is 45.0 Å². The van der Waals surface area contributed by atoms with Crippen molar-refractivity contribution in [3.63, 3.8) is 0 Å². The molecular formula is C20H22N2O4S. The van der Waals surface area contributed by atoms with E-state index >= 15 is 0 Å². The lowest BCUT2D eigenvalue weighted by Gasteiger charge is -2.21. The Kier molecular flexibility index (Phi) is 5.70. The van der Waals surface area contributed by atoms with Crippen molar-refractivity contribution in [3.8, 4) is 5.75 Å². The summed E-state index contributed by atoms with van der Waals surface area (Å²) in [5.41, 5.74) is 1.32. The maximum Gasteiger partial charge on any atom is 0.270 e. The second-order valence-corrected chi connectivity index (χ2v) is 8.44. The van der Waals surface area contributed by atoms with Crippen LogP contribution in [0.25, 0.3) is 0 Å². The molecule has 0 radical (unpaired) electrons. The Morgan fingerprint density at radius 2 is 2.00 bits per heavy atom. The number of ether oxygens (including phenoxy) is 1. The number of carbonyl (C=O) groups excluding carboxylic acids is 1. The standard InChI is InChI=1S/C20H22N2O4S/c1-12(2)27-19-9-8-14(22(24)25)10-16(19)20(23)21-13(3)17-11-26-18-7-5-4-6-15(17)18/h4-10,12-13,17H,11H2,1-3H3,(H,21,23)/t13-,17+/m0/s1. The van der Waals surface area contributed by atoms with Crippen LogP contribution in [0.4, 0.5) is 5.69 Å². The number of hydrogen-bond acceptors (Lipinski definition) is 5. The SMILES string of the molecule is CC(C)Sc1ccc([N+](=O)[O-])cc1C(=O)N[C@@H](C)[C@H]1COc2ccccc21. The normalized spacial score (nSPS) is 16.5. The van der Waals surface area contributed by atoms with Crippen LogP contribution in [0.1, 0.15) is 42.6 Å². The molecular weight excluding hydrogens is 364 g/mol. The summed E-state index contributed by atoms with van der Waals surface area (Å²) < 4.78 is 5.70. The van der Waals surface area contributed by atoms with Crippen LogP contribution in [0.5, 0.6) is 5.75 Å². The second-order valence-electron chi connectivity index (χ2n) is 6.82. The van der Waals surface area contributed by atoms with Gasteiger partial charge in [0.25, 0.3) is 11.6 Å². The fourth-order valence-corrected chi connectivity index (χ4v) is 4.09. The number of hydrogen-bond donors (Lipinski definition) is 1. The van der Waals surface area contributed by atoms with Gasteiger partial charge in [0.15, 0.2) is 0 Å². The third-order valence-electron chi connectivity index (χ3n) is 4.48. The number of fused-ring (bicyclic) bond motifs is 1. The van der Waals surface area contributed by atoms with Crippen LogP contribution in [0.15, 0.2) is 47.4 Å². The van der Waals surface area contributed by atoms with Crippen molar-refractivity contribution < 1.29 is 14.5 Å². The van der Waals surface area contributed by atoms with E-state index in [0.29, 0.717) is 12.2 Å². The minimum atomic E-state index is -0.481. The second kappa shape index (κ2) is 8.00. The molecule has 0 aliphatic carbocycles. The number of carbonyl (C=O) groups is 1. The molecule has 1 N–H and O–H groups in total. The maximum atomic E-state index is 12.9. The summed E-state index contributed by atoms with van der Waals surface area (Å²) in [4.78, 5) is 24.3. The van der Waals surface area contributed by atoms with Crippen molar-refractivity contribution in [2.24, 2.45) is 0 Å². The highest BCUT2D eigenvalue weighted by molar-refractivity contribution is 8.00. The largest absolute Gasteiger partial charge is 0.493 e. The van der Waals surface area contributed by atoms with Crippen LogP contribution >= 0.6 is 11.8 Å². The van der Waals surface area contributed by atoms with E-state index in [-0.39, 0.29) is 28.8 Å². The zero-order valence-electron chi connectivity index (χ0n) is 15.5. The lowest BCUT2D eigenvalue weighted by atomic mass is 9.94. The van der Waals surface area contributed by atoms with E-state index in [2.05, 4.69) is 5.32 Å². The number of nitro benzene ring substituents is 1. The Labute approximate surface area is 162 Å². The highest BCUT2D eigenvalue weighted by Crippen LogP contribution is 2.36. The number of para-hydroxylation sites is 1. The predicted octanol–water partition coefficient (Wildman–Crippen LogP) is 4.39. The molecule has 0 saturated heterocycles. The fourth-order valence-electron chi connectivity index (χ4n) is 3.15. The number of rotatable bonds is 6. The summed E-state index contributed by atoms with van der Waals surface area (Å²) in [6.45, 7) is 6.47. The van der Waals surface area contributed by atoms with Crippen molar-refractivity contribution >= 4 is 23.4 Å². The quantitative estimate of drug-likeness (QED) is 0.452. The Morgan fingerprint density at radius 1 is 1.26 bits per heavy atom. The predicted molar refractivity (Wildman–Crippen MR) is 106 cm³/mol. The summed E-state index contributed by atoms with van der Waals surface area (Å²) >= 11 is 1.51. The van der Waals surface area contributed by atoms with E-state index in [9.17, 15) is 14.9 Å². The number of nitro groups is 1. The van der Waals surface area contributed by atoms with Gasteiger partial charge in [-0.2, -0.15) is 0 Å². The van der Waals surface area contributed by atoms with E-state index in [4.69, 9.17) is 4.74 Å². The van der Waals surface area contributed by atoms with E-state index in [1.165, 1.54) is 23.9 Å². The number of amides is 1. The molecule has 27 heavy (non-hydrogen) atoms. The van der Waals surface area contributed by atoms with Gasteiger partial charge in [-0.05, 0) is 19.1 Å². The first-order valence-corrected chi connectivity index (χ1v) is 9.72. The van der Waals surface area contributed by atoms with Gasteiger partial charge < -0.3 is 10.1 Å². The van der Waals surface area contributed by atoms with Crippen molar-refractivity contribution in [1.82, 2.24) is 5.32 Å². The van der Waals surface area contributed by atoms with E-state index < -0.39 is 4.92 Å². The topological polar surface area (TPSA) is 81.5 Å². The lowest BCUT2D eigenvalue weighted by Crippen LogP contribution is -2.38. The van der Waals surface area contributed by atoms with Gasteiger partial charge in [-0.1, -0.05) is 32.0 Å². The minimum Gasteiger partial charge on any atom is -0.493 e. The van der Waals surface area contributed by atoms with Crippen molar-refractivity contribution in [3.05, 3.63) is 63.7 Å². The van der Waals surface area contributed by atoms with Crippen LogP contribution in [-0.4, -0.2) is 28.7 Å². The molecule has 1 aliphatic heterocycles. The van der Waals surface area contributed by atoms with E-state index in [0.717, 1.165) is 16.2 Å². The zero-order valence-corrected chi connectivity index (χ0v) is 16.3. The monoisotopic (exact) mass is 386 g/mol. The summed E-state index contributed by atoms with van der Waals surface area (Å²) in [6.07, 6.45) is 0. The van der Waals surface area contributed by atoms with E-state index in [1.54, 1.807) is 6.07 Å². The van der Waals surface area contributed by atoms with Gasteiger partial charge in [-0.3, -0.25) is 14.9 Å². The van der Waals surface area contributed by atoms with Gasteiger partial charge in [-0.25, -0.2) is 0 Å². The van der Waals surface area contributed by atoms with Gasteiger partial charge in [-0.15, -0.1) is 11.8 Å². The number of nitrogens with zero attached hydrogens (tertiary/aromatic N) is 1. The average Bonchev–Trinajstić information content (AvgIpc) is 3.05. The van der Waals surface area contributed by atoms with Crippen LogP contribution in [0, 0.1) is 10.1 Å². The molecule has 0 spiro atoms. The Morgan fingerprint density at radius 3 is 2.70 bits per heavy atom. The smallest absolute Gasteiger partial charge is 0.270 e. The number of thioether (sulfide) groups is 1. The highest BCUT2D eigenvalue weighted by Gasteiger charge is 2.30. The van der Waals surface area contributed by atoms with Crippen LogP contribution in [0.3, 0.4) is 0 Å². The first-order chi connectivity index (χ1) is 12.9. The Balaban J connectivity index is 1.83. The summed E-state index contributed by atoms with van der Waals surface area (Å²) in [6, 6.07) is 12.1. The van der Waals surface area contributed by atoms with Crippen molar-refractivity contribution in [2.45, 2.75) is 42.9 Å². The van der Waals surface area contributed by atoms with Crippen LogP contribution in [-0.2, 0) is 0 Å². The molecule has 1 amide bonds. The molecule has 142 valence electrons. The van der Waals surface area contributed by atoms with Crippen molar-refractivity contribution in [1.29, 1.82) is 0 Å². The lowest BCUT2D eigenvalue weighted by molar-refractivity contribution is -0.384. The van der Waals surface area contributed by atoms with Crippen molar-refractivity contribution in [2.75, 3.05) is 6.61 Å². The molecule has 2 aromatic carbocycles. The molecule has 7 heteroatoms. The number of nitrogens with one attached hydrogen (secondary N) is 1. The average molecular weight is 386 g/mol. The Bertz CT molecular complexity index is 869. The van der Waals surface area contributed by atoms with Gasteiger partial charge in [0.2, 0.25) is 0 Å². The third-order valence-corrected chi connectivity index (χ3v) is 5.56. The maximum absolute atomic E-state index is 12.9. The Hall–Kier alpha value is -2.54. The highest BCUT2D eigenvalue weighted by atomic mass is 32.2. The zero-order chi connectivity index (χ0) is 19.6. The third kappa shape index (κ3) is 4.24. The van der Waals surface area contributed by atoms with Gasteiger partial charge >= 0.3 is 0 Å². The number of benzene rings is 2. The van der Waals surface area contributed by atoms with Crippen LogP contribution in [0.2, 0.25) is 0 Å². The molecule has 1 aliphatic rings. The van der Waals surface area contributed by atoms with Gasteiger partial charge in [0.05, 0.1) is 17.1 Å². The van der Waals surface area contributed by atoms with Gasteiger partial charge in [0.1, 0.15) is 5.75 Å². The molecule has 3 rings (SSSR count). The molecule has 0 unspecified atom stereocenters. The summed E-state index contributed by atoms with van der Waals surface area (Å²) in [5, 5.41) is 14.4. The molecule has 0 fully saturated rings. The first kappa shape index (κ1) is 19.2. The molecule has 2 atom stereocenters. The summed E-state index contributed by atoms with van der Waals surface area (Å²) in [7, 11) is 0. The molecule has 6 nitrogen and oxygen atoms in total. The first-order valence-electron chi connectivity index (χ1n) is 8.84. The molecule has 1 heterocycles. The van der Waals surface area contributed by atoms with Gasteiger partial charge in [0, 0.05) is 39.8 Å². The minimum absolute atomic E-state index is 0.0463.